The van der Waals surface area contributed by atoms with Gasteiger partial charge in [0.15, 0.2) is 5.13 Å². The van der Waals surface area contributed by atoms with E-state index in [1.54, 1.807) is 30.2 Å². The van der Waals surface area contributed by atoms with Gasteiger partial charge in [0.2, 0.25) is 5.91 Å². The Bertz CT molecular complexity index is 756. The molecule has 25 heavy (non-hydrogen) atoms. The van der Waals surface area contributed by atoms with Crippen LogP contribution in [-0.4, -0.2) is 35.2 Å². The number of carbonyl (C=O) groups excluding carboxylic acids is 1. The van der Waals surface area contributed by atoms with Crippen molar-refractivity contribution < 1.29 is 9.53 Å². The minimum absolute atomic E-state index is 0.200. The summed E-state index contributed by atoms with van der Waals surface area (Å²) in [5.41, 5.74) is 1.84. The zero-order valence-electron chi connectivity index (χ0n) is 14.3. The molecular weight excluding hydrogens is 354 g/mol. The van der Waals surface area contributed by atoms with Crippen LogP contribution in [-0.2, 0) is 4.79 Å². The van der Waals surface area contributed by atoms with Gasteiger partial charge in [-0.2, -0.15) is 0 Å². The third kappa shape index (κ3) is 4.55. The topological polar surface area (TPSA) is 54.5 Å². The molecule has 2 heterocycles. The molecule has 1 fully saturated rings. The van der Waals surface area contributed by atoms with Crippen molar-refractivity contribution in [1.29, 1.82) is 0 Å². The minimum Gasteiger partial charge on any atom is -0.497 e. The SMILES string of the molecule is CCCC(=O)N1CCS/C1=C/c1csc(Nc2ccc(OC)cc2)n1. The van der Waals surface area contributed by atoms with Crippen LogP contribution in [0.5, 0.6) is 5.75 Å². The number of ether oxygens (including phenoxy) is 1. The third-order valence-corrected chi connectivity index (χ3v) is 5.53. The fourth-order valence-electron chi connectivity index (χ4n) is 2.48. The van der Waals surface area contributed by atoms with Crippen LogP contribution >= 0.6 is 23.1 Å². The summed E-state index contributed by atoms with van der Waals surface area (Å²) >= 11 is 3.26. The summed E-state index contributed by atoms with van der Waals surface area (Å²) < 4.78 is 5.16. The van der Waals surface area contributed by atoms with E-state index in [0.29, 0.717) is 6.42 Å². The first-order valence-corrected chi connectivity index (χ1v) is 10.1. The molecule has 132 valence electrons. The van der Waals surface area contributed by atoms with E-state index in [0.717, 1.165) is 46.0 Å². The van der Waals surface area contributed by atoms with Crippen LogP contribution in [0.25, 0.3) is 6.08 Å². The molecule has 1 amide bonds. The van der Waals surface area contributed by atoms with E-state index in [2.05, 4.69) is 10.3 Å². The first kappa shape index (κ1) is 17.8. The molecule has 0 saturated carbocycles. The summed E-state index contributed by atoms with van der Waals surface area (Å²) in [5.74, 6) is 1.97. The van der Waals surface area contributed by atoms with Crippen LogP contribution in [0.3, 0.4) is 0 Å². The standard InChI is InChI=1S/C18H21N3O2S2/c1-3-4-16(22)21-9-10-24-17(21)11-14-12-25-18(20-14)19-13-5-7-15(23-2)8-6-13/h5-8,11-12H,3-4,9-10H2,1-2H3,(H,19,20)/b17-11+. The number of thioether (sulfide) groups is 1. The number of thiazole rings is 1. The maximum atomic E-state index is 12.2. The van der Waals surface area contributed by atoms with Crippen molar-refractivity contribution in [2.24, 2.45) is 0 Å². The molecule has 1 N–H and O–H groups in total. The summed E-state index contributed by atoms with van der Waals surface area (Å²) in [5, 5.41) is 7.12. The van der Waals surface area contributed by atoms with Gasteiger partial charge >= 0.3 is 0 Å². The second-order valence-corrected chi connectivity index (χ2v) is 7.53. The van der Waals surface area contributed by atoms with Gasteiger partial charge in [0, 0.05) is 29.8 Å². The lowest BCUT2D eigenvalue weighted by molar-refractivity contribution is -0.128. The molecule has 3 rings (SSSR count). The molecule has 1 aliphatic rings. The second-order valence-electron chi connectivity index (χ2n) is 5.56. The van der Waals surface area contributed by atoms with Gasteiger partial charge < -0.3 is 15.0 Å². The number of hydrogen-bond donors (Lipinski definition) is 1. The van der Waals surface area contributed by atoms with Gasteiger partial charge in [0.05, 0.1) is 17.8 Å². The van der Waals surface area contributed by atoms with Gasteiger partial charge in [-0.3, -0.25) is 4.79 Å². The Hall–Kier alpha value is -1.99. The monoisotopic (exact) mass is 375 g/mol. The van der Waals surface area contributed by atoms with Crippen LogP contribution in [0, 0.1) is 0 Å². The van der Waals surface area contributed by atoms with Crippen LogP contribution in [0.4, 0.5) is 10.8 Å². The molecule has 1 aromatic carbocycles. The van der Waals surface area contributed by atoms with Gasteiger partial charge in [0.25, 0.3) is 0 Å². The van der Waals surface area contributed by atoms with Crippen LogP contribution in [0.15, 0.2) is 34.7 Å². The average Bonchev–Trinajstić information content (AvgIpc) is 3.26. The quantitative estimate of drug-likeness (QED) is 0.801. The van der Waals surface area contributed by atoms with Gasteiger partial charge in [-0.1, -0.05) is 6.92 Å². The molecule has 7 heteroatoms. The molecule has 0 unspecified atom stereocenters. The fraction of sp³-hybridized carbons (Fsp3) is 0.333. The first-order valence-electron chi connectivity index (χ1n) is 8.21. The summed E-state index contributed by atoms with van der Waals surface area (Å²) in [6, 6.07) is 7.73. The number of anilines is 2. The van der Waals surface area contributed by atoms with Crippen molar-refractivity contribution in [1.82, 2.24) is 9.88 Å². The van der Waals surface area contributed by atoms with E-state index in [-0.39, 0.29) is 5.91 Å². The third-order valence-electron chi connectivity index (χ3n) is 3.73. The van der Waals surface area contributed by atoms with E-state index < -0.39 is 0 Å². The van der Waals surface area contributed by atoms with Gasteiger partial charge in [-0.25, -0.2) is 4.98 Å². The van der Waals surface area contributed by atoms with Crippen molar-refractivity contribution in [3.8, 4) is 5.75 Å². The van der Waals surface area contributed by atoms with Crippen molar-refractivity contribution in [2.75, 3.05) is 24.7 Å². The fourth-order valence-corrected chi connectivity index (χ4v) is 4.20. The molecule has 1 saturated heterocycles. The largest absolute Gasteiger partial charge is 0.497 e. The lowest BCUT2D eigenvalue weighted by atomic mass is 10.3. The van der Waals surface area contributed by atoms with Crippen LogP contribution in [0.1, 0.15) is 25.5 Å². The molecule has 0 spiro atoms. The molecule has 0 aliphatic carbocycles. The summed E-state index contributed by atoms with van der Waals surface area (Å²) in [4.78, 5) is 18.7. The van der Waals surface area contributed by atoms with Crippen molar-refractivity contribution in [3.05, 3.63) is 40.4 Å². The predicted octanol–water partition coefficient (Wildman–Crippen LogP) is 4.57. The van der Waals surface area contributed by atoms with E-state index in [1.165, 1.54) is 0 Å². The molecule has 0 bridgehead atoms. The lowest BCUT2D eigenvalue weighted by Gasteiger charge is -2.16. The van der Waals surface area contributed by atoms with Gasteiger partial charge in [0.1, 0.15) is 5.75 Å². The number of carbonyl (C=O) groups is 1. The maximum absolute atomic E-state index is 12.2. The lowest BCUT2D eigenvalue weighted by Crippen LogP contribution is -2.26. The molecule has 1 aromatic heterocycles. The molecule has 1 aliphatic heterocycles. The highest BCUT2D eigenvalue weighted by atomic mass is 32.2. The van der Waals surface area contributed by atoms with E-state index in [9.17, 15) is 4.79 Å². The average molecular weight is 376 g/mol. The van der Waals surface area contributed by atoms with Crippen molar-refractivity contribution in [2.45, 2.75) is 19.8 Å². The van der Waals surface area contributed by atoms with Crippen molar-refractivity contribution in [3.63, 3.8) is 0 Å². The van der Waals surface area contributed by atoms with E-state index >= 15 is 0 Å². The Kier molecular flexibility index (Phi) is 5.99. The number of benzene rings is 1. The highest BCUT2D eigenvalue weighted by Crippen LogP contribution is 2.31. The predicted molar refractivity (Wildman–Crippen MR) is 105 cm³/mol. The maximum Gasteiger partial charge on any atom is 0.227 e. The highest BCUT2D eigenvalue weighted by molar-refractivity contribution is 8.03. The molecule has 5 nitrogen and oxygen atoms in total. The molecular formula is C18H21N3O2S2. The zero-order chi connectivity index (χ0) is 17.6. The summed E-state index contributed by atoms with van der Waals surface area (Å²) in [7, 11) is 1.65. The second kappa shape index (κ2) is 8.40. The molecule has 0 atom stereocenters. The first-order chi connectivity index (χ1) is 12.2. The van der Waals surface area contributed by atoms with Crippen LogP contribution < -0.4 is 10.1 Å². The Morgan fingerprint density at radius 2 is 2.20 bits per heavy atom. The van der Waals surface area contributed by atoms with E-state index in [1.807, 2.05) is 47.5 Å². The Morgan fingerprint density at radius 3 is 2.92 bits per heavy atom. The smallest absolute Gasteiger partial charge is 0.227 e. The molecule has 0 radical (unpaired) electrons. The number of nitrogens with one attached hydrogen (secondary N) is 1. The summed E-state index contributed by atoms with van der Waals surface area (Å²) in [6.07, 6.45) is 3.47. The van der Waals surface area contributed by atoms with Gasteiger partial charge in [-0.05, 0) is 36.8 Å². The van der Waals surface area contributed by atoms with Gasteiger partial charge in [-0.15, -0.1) is 23.1 Å². The summed E-state index contributed by atoms with van der Waals surface area (Å²) in [6.45, 7) is 2.82. The number of aromatic nitrogens is 1. The Balaban J connectivity index is 1.69. The molecule has 2 aromatic rings. The zero-order valence-corrected chi connectivity index (χ0v) is 16.0. The number of methoxy groups -OCH3 is 1. The van der Waals surface area contributed by atoms with E-state index in [4.69, 9.17) is 4.74 Å². The highest BCUT2D eigenvalue weighted by Gasteiger charge is 2.23. The Morgan fingerprint density at radius 1 is 1.40 bits per heavy atom. The van der Waals surface area contributed by atoms with Crippen molar-refractivity contribution >= 4 is 45.9 Å². The normalized spacial score (nSPS) is 15.6. The number of nitrogens with zero attached hydrogens (tertiary/aromatic N) is 2. The number of rotatable bonds is 6. The minimum atomic E-state index is 0.200. The number of amides is 1. The van der Waals surface area contributed by atoms with Crippen LogP contribution in [0.2, 0.25) is 0 Å². The Labute approximate surface area is 156 Å². The number of hydrogen-bond acceptors (Lipinski definition) is 6.